The minimum Gasteiger partial charge on any atom is -0.506 e. The second-order valence-corrected chi connectivity index (χ2v) is 6.11. The van der Waals surface area contributed by atoms with Gasteiger partial charge in [0.15, 0.2) is 0 Å². The Morgan fingerprint density at radius 3 is 2.52 bits per heavy atom. The monoisotopic (exact) mass is 336 g/mol. The maximum Gasteiger partial charge on any atom is 0.253 e. The number of phenols is 1. The van der Waals surface area contributed by atoms with E-state index in [-0.39, 0.29) is 17.5 Å². The summed E-state index contributed by atoms with van der Waals surface area (Å²) in [6.07, 6.45) is 0.810. The molecule has 0 aromatic heterocycles. The number of nitrogens with zero attached hydrogens (tertiary/aromatic N) is 2. The Morgan fingerprint density at radius 1 is 1.22 bits per heavy atom. The topological polar surface area (TPSA) is 70.1 Å². The first kappa shape index (κ1) is 15.8. The lowest BCUT2D eigenvalue weighted by Gasteiger charge is -2.31. The van der Waals surface area contributed by atoms with Crippen LogP contribution in [0.5, 0.6) is 5.75 Å². The molecule has 0 unspecified atom stereocenters. The van der Waals surface area contributed by atoms with Gasteiger partial charge in [-0.3, -0.25) is 9.59 Å². The third-order valence-corrected chi connectivity index (χ3v) is 4.54. The van der Waals surface area contributed by atoms with Crippen LogP contribution >= 0.6 is 11.6 Å². The highest BCUT2D eigenvalue weighted by Gasteiger charge is 2.32. The number of phenolic OH excluding ortho intramolecular Hbond substituents is 1. The SMILES string of the molecule is CN(c1ccc(Cl)cc1O)c1c(N(C)[C@H]2CCOC2)c(=O)c1=O. The molecule has 0 bridgehead atoms. The Hall–Kier alpha value is -2.05. The Kier molecular flexibility index (Phi) is 4.04. The Balaban J connectivity index is 1.98. The van der Waals surface area contributed by atoms with E-state index in [2.05, 4.69) is 0 Å². The van der Waals surface area contributed by atoms with Crippen molar-refractivity contribution in [1.29, 1.82) is 0 Å². The molecule has 1 atom stereocenters. The van der Waals surface area contributed by atoms with Crippen molar-refractivity contribution in [2.75, 3.05) is 37.1 Å². The summed E-state index contributed by atoms with van der Waals surface area (Å²) in [6, 6.07) is 4.70. The van der Waals surface area contributed by atoms with Crippen LogP contribution in [0.4, 0.5) is 17.1 Å². The zero-order valence-corrected chi connectivity index (χ0v) is 13.6. The van der Waals surface area contributed by atoms with Gasteiger partial charge in [0.25, 0.3) is 10.9 Å². The summed E-state index contributed by atoms with van der Waals surface area (Å²) in [6.45, 7) is 1.18. The van der Waals surface area contributed by atoms with Crippen molar-refractivity contribution in [2.24, 2.45) is 0 Å². The first-order valence-electron chi connectivity index (χ1n) is 7.28. The van der Waals surface area contributed by atoms with Gasteiger partial charge >= 0.3 is 0 Å². The number of hydrogen-bond donors (Lipinski definition) is 1. The lowest BCUT2D eigenvalue weighted by molar-refractivity contribution is 0.193. The highest BCUT2D eigenvalue weighted by Crippen LogP contribution is 2.36. The Bertz CT molecular complexity index is 807. The molecule has 0 spiro atoms. The number of anilines is 3. The first-order valence-corrected chi connectivity index (χ1v) is 7.65. The lowest BCUT2D eigenvalue weighted by atomic mass is 10.1. The molecule has 1 saturated heterocycles. The van der Waals surface area contributed by atoms with Crippen molar-refractivity contribution in [2.45, 2.75) is 12.5 Å². The number of halogens is 1. The molecular weight excluding hydrogens is 320 g/mol. The van der Waals surface area contributed by atoms with Gasteiger partial charge in [0.05, 0.1) is 18.3 Å². The van der Waals surface area contributed by atoms with E-state index in [0.717, 1.165) is 6.42 Å². The molecule has 2 aromatic rings. The number of likely N-dealkylation sites (N-methyl/N-ethyl adjacent to an activating group) is 1. The van der Waals surface area contributed by atoms with Crippen molar-refractivity contribution >= 4 is 28.7 Å². The first-order chi connectivity index (χ1) is 10.9. The van der Waals surface area contributed by atoms with Crippen LogP contribution in [0, 0.1) is 0 Å². The average molecular weight is 337 g/mol. The molecule has 0 radical (unpaired) electrons. The molecule has 1 heterocycles. The Morgan fingerprint density at radius 2 is 1.91 bits per heavy atom. The molecule has 1 fully saturated rings. The minimum atomic E-state index is -0.553. The van der Waals surface area contributed by atoms with Crippen molar-refractivity contribution in [1.82, 2.24) is 0 Å². The van der Waals surface area contributed by atoms with Gasteiger partial charge in [-0.2, -0.15) is 0 Å². The van der Waals surface area contributed by atoms with Crippen molar-refractivity contribution in [3.8, 4) is 5.75 Å². The molecule has 23 heavy (non-hydrogen) atoms. The molecule has 0 aliphatic carbocycles. The summed E-state index contributed by atoms with van der Waals surface area (Å²) in [5.74, 6) is -0.0501. The van der Waals surface area contributed by atoms with Crippen LogP contribution in [-0.2, 0) is 4.74 Å². The predicted octanol–water partition coefficient (Wildman–Crippen LogP) is 1.63. The molecule has 1 N–H and O–H groups in total. The molecule has 0 saturated carbocycles. The molecule has 3 rings (SSSR count). The van der Waals surface area contributed by atoms with Crippen LogP contribution in [0.25, 0.3) is 0 Å². The molecular formula is C16H17ClN2O4. The molecule has 122 valence electrons. The largest absolute Gasteiger partial charge is 0.506 e. The molecule has 0 amide bonds. The lowest BCUT2D eigenvalue weighted by Crippen LogP contribution is -2.46. The normalized spacial score (nSPS) is 17.6. The van der Waals surface area contributed by atoms with E-state index >= 15 is 0 Å². The highest BCUT2D eigenvalue weighted by atomic mass is 35.5. The van der Waals surface area contributed by atoms with Crippen LogP contribution in [0.15, 0.2) is 27.8 Å². The van der Waals surface area contributed by atoms with E-state index in [0.29, 0.717) is 29.6 Å². The molecule has 1 aliphatic rings. The van der Waals surface area contributed by atoms with E-state index < -0.39 is 10.9 Å². The van der Waals surface area contributed by atoms with E-state index in [4.69, 9.17) is 16.3 Å². The second-order valence-electron chi connectivity index (χ2n) is 5.68. The molecule has 6 nitrogen and oxygen atoms in total. The van der Waals surface area contributed by atoms with Gasteiger partial charge in [0, 0.05) is 31.8 Å². The Labute approximate surface area is 138 Å². The zero-order chi connectivity index (χ0) is 16.7. The summed E-state index contributed by atoms with van der Waals surface area (Å²) in [5.41, 5.74) is 0.000475. The molecule has 7 heteroatoms. The number of benzene rings is 1. The van der Waals surface area contributed by atoms with Gasteiger partial charge < -0.3 is 19.6 Å². The van der Waals surface area contributed by atoms with Gasteiger partial charge in [-0.25, -0.2) is 0 Å². The van der Waals surface area contributed by atoms with Crippen LogP contribution in [0.3, 0.4) is 0 Å². The van der Waals surface area contributed by atoms with Crippen molar-refractivity contribution in [3.63, 3.8) is 0 Å². The average Bonchev–Trinajstić information content (AvgIpc) is 3.04. The third-order valence-electron chi connectivity index (χ3n) is 4.30. The minimum absolute atomic E-state index is 0.0501. The van der Waals surface area contributed by atoms with Gasteiger partial charge in [-0.1, -0.05) is 11.6 Å². The smallest absolute Gasteiger partial charge is 0.253 e. The van der Waals surface area contributed by atoms with E-state index in [1.807, 2.05) is 0 Å². The van der Waals surface area contributed by atoms with Gasteiger partial charge in [0.1, 0.15) is 17.1 Å². The van der Waals surface area contributed by atoms with E-state index in [9.17, 15) is 14.7 Å². The fraction of sp³-hybridized carbons (Fsp3) is 0.375. The standard InChI is InChI=1S/C16H17ClN2O4/c1-18(10-5-6-23-8-10)13-14(16(22)15(13)21)19(2)11-4-3-9(17)7-12(11)20/h3-4,7,10,20H,5-6,8H2,1-2H3/t10-/m0/s1. The summed E-state index contributed by atoms with van der Waals surface area (Å²) < 4.78 is 5.34. The van der Waals surface area contributed by atoms with E-state index in [1.54, 1.807) is 31.1 Å². The van der Waals surface area contributed by atoms with Gasteiger partial charge in [0.2, 0.25) is 0 Å². The summed E-state index contributed by atoms with van der Waals surface area (Å²) >= 11 is 5.83. The van der Waals surface area contributed by atoms with Crippen molar-refractivity contribution < 1.29 is 9.84 Å². The maximum absolute atomic E-state index is 12.1. The number of hydrogen-bond acceptors (Lipinski definition) is 6. The summed E-state index contributed by atoms with van der Waals surface area (Å²) in [5, 5.41) is 10.4. The fourth-order valence-corrected chi connectivity index (χ4v) is 3.08. The fourth-order valence-electron chi connectivity index (χ4n) is 2.92. The van der Waals surface area contributed by atoms with Gasteiger partial charge in [-0.05, 0) is 18.6 Å². The quantitative estimate of drug-likeness (QED) is 0.856. The second kappa shape index (κ2) is 5.86. The third kappa shape index (κ3) is 2.58. The summed E-state index contributed by atoms with van der Waals surface area (Å²) in [7, 11) is 3.43. The van der Waals surface area contributed by atoms with Crippen molar-refractivity contribution in [3.05, 3.63) is 43.7 Å². The highest BCUT2D eigenvalue weighted by molar-refractivity contribution is 6.30. The zero-order valence-electron chi connectivity index (χ0n) is 12.9. The number of rotatable bonds is 4. The molecule has 1 aliphatic heterocycles. The van der Waals surface area contributed by atoms with Crippen LogP contribution in [0.1, 0.15) is 6.42 Å². The predicted molar refractivity (Wildman–Crippen MR) is 90.2 cm³/mol. The van der Waals surface area contributed by atoms with Gasteiger partial charge in [-0.15, -0.1) is 0 Å². The number of aromatic hydroxyl groups is 1. The van der Waals surface area contributed by atoms with Crippen LogP contribution < -0.4 is 20.7 Å². The van der Waals surface area contributed by atoms with Crippen LogP contribution in [-0.4, -0.2) is 38.5 Å². The number of ether oxygens (including phenoxy) is 1. The maximum atomic E-state index is 12.1. The van der Waals surface area contributed by atoms with E-state index in [1.165, 1.54) is 11.0 Å². The van der Waals surface area contributed by atoms with Crippen LogP contribution in [0.2, 0.25) is 5.02 Å². The summed E-state index contributed by atoms with van der Waals surface area (Å²) in [4.78, 5) is 27.4. The molecule has 2 aromatic carbocycles.